The number of hydrogen-bond donors (Lipinski definition) is 2. The standard InChI is InChI=1S/C20H30N4O2/c1-14-9-7-8-10-16(14)25-15(2)11-23-19(21-6)24-13-18-22-12-17(26-18)20(3,4)5/h7-10,12,15H,11,13H2,1-6H3,(H2,21,23,24). The molecule has 0 saturated carbocycles. The Kier molecular flexibility index (Phi) is 6.66. The average Bonchev–Trinajstić information content (AvgIpc) is 3.06. The van der Waals surface area contributed by atoms with Gasteiger partial charge in [-0.3, -0.25) is 4.99 Å². The second-order valence-electron chi connectivity index (χ2n) is 7.37. The van der Waals surface area contributed by atoms with Gasteiger partial charge in [-0.2, -0.15) is 0 Å². The topological polar surface area (TPSA) is 71.7 Å². The first-order valence-electron chi connectivity index (χ1n) is 8.91. The molecule has 0 radical (unpaired) electrons. The van der Waals surface area contributed by atoms with E-state index in [2.05, 4.69) is 41.4 Å². The van der Waals surface area contributed by atoms with Gasteiger partial charge < -0.3 is 19.8 Å². The van der Waals surface area contributed by atoms with Crippen LogP contribution in [0.4, 0.5) is 0 Å². The van der Waals surface area contributed by atoms with E-state index in [1.165, 1.54) is 0 Å². The quantitative estimate of drug-likeness (QED) is 0.612. The van der Waals surface area contributed by atoms with Gasteiger partial charge in [-0.25, -0.2) is 4.98 Å². The number of ether oxygens (including phenoxy) is 1. The van der Waals surface area contributed by atoms with Gasteiger partial charge in [-0.05, 0) is 25.5 Å². The number of benzene rings is 1. The molecule has 142 valence electrons. The van der Waals surface area contributed by atoms with E-state index in [1.807, 2.05) is 38.1 Å². The lowest BCUT2D eigenvalue weighted by Gasteiger charge is -2.18. The largest absolute Gasteiger partial charge is 0.489 e. The van der Waals surface area contributed by atoms with Crippen molar-refractivity contribution in [2.45, 2.75) is 52.7 Å². The summed E-state index contributed by atoms with van der Waals surface area (Å²) in [5.41, 5.74) is 1.08. The number of nitrogens with zero attached hydrogens (tertiary/aromatic N) is 2. The van der Waals surface area contributed by atoms with Crippen LogP contribution in [-0.4, -0.2) is 30.6 Å². The summed E-state index contributed by atoms with van der Waals surface area (Å²) in [6, 6.07) is 8.00. The Hall–Kier alpha value is -2.50. The molecule has 0 aliphatic heterocycles. The highest BCUT2D eigenvalue weighted by Crippen LogP contribution is 2.22. The second kappa shape index (κ2) is 8.74. The Labute approximate surface area is 156 Å². The van der Waals surface area contributed by atoms with Gasteiger partial charge in [0.2, 0.25) is 5.89 Å². The summed E-state index contributed by atoms with van der Waals surface area (Å²) >= 11 is 0. The van der Waals surface area contributed by atoms with Crippen molar-refractivity contribution in [3.05, 3.63) is 47.7 Å². The fraction of sp³-hybridized carbons (Fsp3) is 0.500. The van der Waals surface area contributed by atoms with Crippen LogP contribution in [0.1, 0.15) is 44.9 Å². The molecule has 2 rings (SSSR count). The third kappa shape index (κ3) is 5.79. The maximum Gasteiger partial charge on any atom is 0.213 e. The zero-order valence-electron chi connectivity index (χ0n) is 16.6. The Bertz CT molecular complexity index is 731. The van der Waals surface area contributed by atoms with Crippen molar-refractivity contribution < 1.29 is 9.15 Å². The van der Waals surface area contributed by atoms with Crippen LogP contribution in [-0.2, 0) is 12.0 Å². The van der Waals surface area contributed by atoms with Crippen molar-refractivity contribution in [3.8, 4) is 5.75 Å². The van der Waals surface area contributed by atoms with Gasteiger partial charge in [-0.1, -0.05) is 39.0 Å². The molecule has 0 aliphatic rings. The Morgan fingerprint density at radius 2 is 2.00 bits per heavy atom. The maximum atomic E-state index is 5.97. The van der Waals surface area contributed by atoms with Crippen molar-refractivity contribution in [1.82, 2.24) is 15.6 Å². The van der Waals surface area contributed by atoms with Gasteiger partial charge >= 0.3 is 0 Å². The molecule has 0 bridgehead atoms. The minimum absolute atomic E-state index is 0.00359. The van der Waals surface area contributed by atoms with Crippen molar-refractivity contribution in [2.24, 2.45) is 4.99 Å². The normalized spacial score (nSPS) is 13.4. The van der Waals surface area contributed by atoms with Crippen LogP contribution in [0.15, 0.2) is 39.9 Å². The first kappa shape index (κ1) is 19.8. The molecule has 26 heavy (non-hydrogen) atoms. The zero-order chi connectivity index (χ0) is 19.2. The van der Waals surface area contributed by atoms with Gasteiger partial charge in [-0.15, -0.1) is 0 Å². The summed E-state index contributed by atoms with van der Waals surface area (Å²) < 4.78 is 11.7. The number of aliphatic imine (C=N–C) groups is 1. The highest BCUT2D eigenvalue weighted by Gasteiger charge is 2.19. The van der Waals surface area contributed by atoms with Crippen molar-refractivity contribution >= 4 is 5.96 Å². The summed E-state index contributed by atoms with van der Waals surface area (Å²) in [7, 11) is 1.73. The van der Waals surface area contributed by atoms with Crippen molar-refractivity contribution in [1.29, 1.82) is 0 Å². The van der Waals surface area contributed by atoms with Crippen LogP contribution in [0.3, 0.4) is 0 Å². The SMILES string of the molecule is CN=C(NCc1ncc(C(C)(C)C)o1)NCC(C)Oc1ccccc1C. The molecule has 0 spiro atoms. The van der Waals surface area contributed by atoms with Gasteiger partial charge in [0, 0.05) is 12.5 Å². The highest BCUT2D eigenvalue weighted by atomic mass is 16.5. The van der Waals surface area contributed by atoms with Crippen molar-refractivity contribution in [3.63, 3.8) is 0 Å². The second-order valence-corrected chi connectivity index (χ2v) is 7.37. The van der Waals surface area contributed by atoms with Crippen molar-refractivity contribution in [2.75, 3.05) is 13.6 Å². The van der Waals surface area contributed by atoms with Crippen LogP contribution >= 0.6 is 0 Å². The van der Waals surface area contributed by atoms with E-state index in [1.54, 1.807) is 13.2 Å². The van der Waals surface area contributed by atoms with Crippen LogP contribution in [0.2, 0.25) is 0 Å². The molecule has 1 aromatic carbocycles. The van der Waals surface area contributed by atoms with Crippen LogP contribution in [0, 0.1) is 6.92 Å². The minimum Gasteiger partial charge on any atom is -0.489 e. The fourth-order valence-corrected chi connectivity index (χ4v) is 2.31. The fourth-order valence-electron chi connectivity index (χ4n) is 2.31. The number of oxazole rings is 1. The lowest BCUT2D eigenvalue weighted by Crippen LogP contribution is -2.41. The van der Waals surface area contributed by atoms with Crippen LogP contribution in [0.5, 0.6) is 5.75 Å². The molecule has 1 heterocycles. The number of guanidine groups is 1. The molecule has 1 unspecified atom stereocenters. The number of rotatable bonds is 6. The predicted octanol–water partition coefficient (Wildman–Crippen LogP) is 3.41. The summed E-state index contributed by atoms with van der Waals surface area (Å²) in [5.74, 6) is 3.10. The molecule has 0 fully saturated rings. The molecule has 1 aromatic heterocycles. The molecule has 6 heteroatoms. The Morgan fingerprint density at radius 1 is 1.27 bits per heavy atom. The van der Waals surface area contributed by atoms with E-state index < -0.39 is 0 Å². The molecule has 2 aromatic rings. The first-order valence-corrected chi connectivity index (χ1v) is 8.91. The Balaban J connectivity index is 1.80. The van der Waals surface area contributed by atoms with E-state index in [-0.39, 0.29) is 11.5 Å². The lowest BCUT2D eigenvalue weighted by atomic mass is 9.94. The molecule has 0 amide bonds. The number of hydrogen-bond acceptors (Lipinski definition) is 4. The number of aryl methyl sites for hydroxylation is 1. The molecule has 2 N–H and O–H groups in total. The van der Waals surface area contributed by atoms with Crippen LogP contribution < -0.4 is 15.4 Å². The minimum atomic E-state index is -0.0481. The smallest absolute Gasteiger partial charge is 0.213 e. The lowest BCUT2D eigenvalue weighted by molar-refractivity contribution is 0.222. The van der Waals surface area contributed by atoms with E-state index in [4.69, 9.17) is 9.15 Å². The van der Waals surface area contributed by atoms with Gasteiger partial charge in [0.1, 0.15) is 17.6 Å². The molecular formula is C20H30N4O2. The summed E-state index contributed by atoms with van der Waals surface area (Å²) in [6.45, 7) is 11.5. The predicted molar refractivity (Wildman–Crippen MR) is 105 cm³/mol. The molecule has 6 nitrogen and oxygen atoms in total. The summed E-state index contributed by atoms with van der Waals surface area (Å²) in [4.78, 5) is 8.54. The average molecular weight is 358 g/mol. The Morgan fingerprint density at radius 3 is 2.62 bits per heavy atom. The third-order valence-corrected chi connectivity index (χ3v) is 3.90. The van der Waals surface area contributed by atoms with Gasteiger partial charge in [0.25, 0.3) is 0 Å². The van der Waals surface area contributed by atoms with E-state index >= 15 is 0 Å². The van der Waals surface area contributed by atoms with E-state index in [9.17, 15) is 0 Å². The molecule has 1 atom stereocenters. The molecule has 0 aliphatic carbocycles. The van der Waals surface area contributed by atoms with E-state index in [0.29, 0.717) is 24.9 Å². The summed E-state index contributed by atoms with van der Waals surface area (Å²) in [6.07, 6.45) is 1.79. The number of aromatic nitrogens is 1. The van der Waals surface area contributed by atoms with Gasteiger partial charge in [0.05, 0.1) is 19.3 Å². The maximum absolute atomic E-state index is 5.97. The molecular weight excluding hydrogens is 328 g/mol. The summed E-state index contributed by atoms with van der Waals surface area (Å²) in [5, 5.41) is 6.47. The van der Waals surface area contributed by atoms with Gasteiger partial charge in [0.15, 0.2) is 5.96 Å². The monoisotopic (exact) mass is 358 g/mol. The molecule has 0 saturated heterocycles. The number of para-hydroxylation sites is 1. The first-order chi connectivity index (χ1) is 12.3. The third-order valence-electron chi connectivity index (χ3n) is 3.90. The van der Waals surface area contributed by atoms with Crippen LogP contribution in [0.25, 0.3) is 0 Å². The highest BCUT2D eigenvalue weighted by molar-refractivity contribution is 5.79. The number of nitrogens with one attached hydrogen (secondary N) is 2. The van der Waals surface area contributed by atoms with E-state index in [0.717, 1.165) is 17.1 Å². The zero-order valence-corrected chi connectivity index (χ0v) is 16.6.